The Labute approximate surface area is 85.2 Å². The van der Waals surface area contributed by atoms with Crippen LogP contribution in [0, 0.1) is 5.92 Å². The Hall–Kier alpha value is -0.570. The largest absolute Gasteiger partial charge is 0.377 e. The number of hydrogen-bond donors (Lipinski definition) is 1. The van der Waals surface area contributed by atoms with Gasteiger partial charge in [0.25, 0.3) is 0 Å². The summed E-state index contributed by atoms with van der Waals surface area (Å²) in [6, 6.07) is 0.297. The Morgan fingerprint density at radius 1 is 1.07 bits per heavy atom. The molecule has 80 valence electrons. The zero-order valence-corrected chi connectivity index (χ0v) is 8.63. The van der Waals surface area contributed by atoms with Crippen LogP contribution in [0.4, 0.5) is 0 Å². The highest BCUT2D eigenvalue weighted by Crippen LogP contribution is 2.23. The van der Waals surface area contributed by atoms with Crippen LogP contribution in [0.3, 0.4) is 0 Å². The van der Waals surface area contributed by atoms with Gasteiger partial charge in [0.2, 0.25) is 5.91 Å². The third kappa shape index (κ3) is 2.47. The van der Waals surface area contributed by atoms with Gasteiger partial charge in [-0.3, -0.25) is 4.79 Å². The lowest BCUT2D eigenvalue weighted by Gasteiger charge is -2.28. The monoisotopic (exact) mass is 197 g/mol. The van der Waals surface area contributed by atoms with Crippen molar-refractivity contribution in [3.05, 3.63) is 0 Å². The van der Waals surface area contributed by atoms with E-state index in [2.05, 4.69) is 5.32 Å². The van der Waals surface area contributed by atoms with E-state index in [0.717, 1.165) is 12.8 Å². The van der Waals surface area contributed by atoms with Crippen molar-refractivity contribution in [2.45, 2.75) is 44.6 Å². The molecular weight excluding hydrogens is 178 g/mol. The van der Waals surface area contributed by atoms with Gasteiger partial charge < -0.3 is 10.1 Å². The van der Waals surface area contributed by atoms with E-state index in [4.69, 9.17) is 4.74 Å². The summed E-state index contributed by atoms with van der Waals surface area (Å²) < 4.78 is 5.03. The number of ether oxygens (including phenoxy) is 1. The molecule has 0 aromatic heterocycles. The average Bonchev–Trinajstić information content (AvgIpc) is 2.38. The van der Waals surface area contributed by atoms with Gasteiger partial charge in [0.05, 0.1) is 19.3 Å². The van der Waals surface area contributed by atoms with Crippen molar-refractivity contribution in [2.75, 3.05) is 13.2 Å². The summed E-state index contributed by atoms with van der Waals surface area (Å²) in [6.45, 7) is 1.41. The summed E-state index contributed by atoms with van der Waals surface area (Å²) in [5, 5.41) is 3.05. The van der Waals surface area contributed by atoms with Crippen molar-refractivity contribution in [1.82, 2.24) is 5.32 Å². The summed E-state index contributed by atoms with van der Waals surface area (Å²) in [5.74, 6) is 0.540. The normalized spacial score (nSPS) is 25.1. The molecule has 0 aromatic rings. The van der Waals surface area contributed by atoms with E-state index in [-0.39, 0.29) is 11.8 Å². The molecule has 14 heavy (non-hydrogen) atoms. The second-order valence-corrected chi connectivity index (χ2v) is 4.43. The molecule has 1 aliphatic carbocycles. The summed E-state index contributed by atoms with van der Waals surface area (Å²) in [5.41, 5.74) is 0. The second-order valence-electron chi connectivity index (χ2n) is 4.43. The van der Waals surface area contributed by atoms with Gasteiger partial charge in [-0.05, 0) is 12.8 Å². The summed E-state index contributed by atoms with van der Waals surface area (Å²) >= 11 is 0. The van der Waals surface area contributed by atoms with E-state index in [0.29, 0.717) is 19.3 Å². The van der Waals surface area contributed by atoms with Crippen molar-refractivity contribution in [2.24, 2.45) is 5.92 Å². The molecule has 0 bridgehead atoms. The molecule has 0 spiro atoms. The second kappa shape index (κ2) is 4.78. The first-order chi connectivity index (χ1) is 6.86. The van der Waals surface area contributed by atoms with Crippen LogP contribution in [0.15, 0.2) is 0 Å². The maximum atomic E-state index is 11.8. The molecule has 1 amide bonds. The van der Waals surface area contributed by atoms with Crippen molar-refractivity contribution in [3.8, 4) is 0 Å². The molecule has 1 aliphatic heterocycles. The third-order valence-corrected chi connectivity index (χ3v) is 3.21. The summed E-state index contributed by atoms with van der Waals surface area (Å²) in [7, 11) is 0. The zero-order valence-electron chi connectivity index (χ0n) is 8.63. The lowest BCUT2D eigenvalue weighted by Crippen LogP contribution is -2.50. The van der Waals surface area contributed by atoms with Crippen LogP contribution in [-0.2, 0) is 9.53 Å². The Morgan fingerprint density at radius 2 is 1.71 bits per heavy atom. The van der Waals surface area contributed by atoms with Crippen molar-refractivity contribution < 1.29 is 9.53 Å². The molecule has 0 aromatic carbocycles. The predicted octanol–water partition coefficient (Wildman–Crippen LogP) is 1.47. The minimum absolute atomic E-state index is 0.264. The standard InChI is InChI=1S/C11H19NO2/c13-11(12-10-7-14-8-10)9-5-3-1-2-4-6-9/h9-10H,1-8H2,(H,12,13). The Bertz CT molecular complexity index is 193. The van der Waals surface area contributed by atoms with Crippen LogP contribution in [0.1, 0.15) is 38.5 Å². The summed E-state index contributed by atoms with van der Waals surface area (Å²) in [6.07, 6.45) is 7.21. The molecule has 1 saturated heterocycles. The molecule has 3 heteroatoms. The van der Waals surface area contributed by atoms with Gasteiger partial charge in [0.15, 0.2) is 0 Å². The van der Waals surface area contributed by atoms with Gasteiger partial charge in [0, 0.05) is 5.92 Å². The smallest absolute Gasteiger partial charge is 0.223 e. The van der Waals surface area contributed by atoms with E-state index in [1.54, 1.807) is 0 Å². The highest BCUT2D eigenvalue weighted by atomic mass is 16.5. The third-order valence-electron chi connectivity index (χ3n) is 3.21. The molecule has 1 heterocycles. The van der Waals surface area contributed by atoms with Crippen LogP contribution >= 0.6 is 0 Å². The first-order valence-corrected chi connectivity index (χ1v) is 5.74. The van der Waals surface area contributed by atoms with E-state index in [1.807, 2.05) is 0 Å². The lowest BCUT2D eigenvalue weighted by molar-refractivity contribution is -0.129. The fraction of sp³-hybridized carbons (Fsp3) is 0.909. The molecular formula is C11H19NO2. The zero-order chi connectivity index (χ0) is 9.80. The number of amides is 1. The van der Waals surface area contributed by atoms with Crippen LogP contribution in [0.2, 0.25) is 0 Å². The maximum absolute atomic E-state index is 11.8. The van der Waals surface area contributed by atoms with Crippen molar-refractivity contribution in [1.29, 1.82) is 0 Å². The fourth-order valence-corrected chi connectivity index (χ4v) is 2.18. The van der Waals surface area contributed by atoms with Crippen LogP contribution in [0.5, 0.6) is 0 Å². The van der Waals surface area contributed by atoms with Gasteiger partial charge in [0.1, 0.15) is 0 Å². The van der Waals surface area contributed by atoms with Crippen LogP contribution < -0.4 is 5.32 Å². The molecule has 3 nitrogen and oxygen atoms in total. The molecule has 1 N–H and O–H groups in total. The van der Waals surface area contributed by atoms with Crippen LogP contribution in [0.25, 0.3) is 0 Å². The van der Waals surface area contributed by atoms with Gasteiger partial charge in [-0.25, -0.2) is 0 Å². The van der Waals surface area contributed by atoms with E-state index in [9.17, 15) is 4.79 Å². The minimum atomic E-state index is 0.264. The molecule has 0 unspecified atom stereocenters. The Balaban J connectivity index is 1.76. The van der Waals surface area contributed by atoms with Gasteiger partial charge in [-0.2, -0.15) is 0 Å². The van der Waals surface area contributed by atoms with Crippen molar-refractivity contribution in [3.63, 3.8) is 0 Å². The van der Waals surface area contributed by atoms with E-state index in [1.165, 1.54) is 25.7 Å². The first-order valence-electron chi connectivity index (χ1n) is 5.74. The van der Waals surface area contributed by atoms with E-state index >= 15 is 0 Å². The summed E-state index contributed by atoms with van der Waals surface area (Å²) in [4.78, 5) is 11.8. The SMILES string of the molecule is O=C(NC1COC1)C1CCCCCC1. The molecule has 2 fully saturated rings. The Kier molecular flexibility index (Phi) is 3.40. The lowest BCUT2D eigenvalue weighted by atomic mass is 9.99. The number of hydrogen-bond acceptors (Lipinski definition) is 2. The van der Waals surface area contributed by atoms with Gasteiger partial charge in [-0.15, -0.1) is 0 Å². The first kappa shape index (κ1) is 9.97. The Morgan fingerprint density at radius 3 is 2.21 bits per heavy atom. The topological polar surface area (TPSA) is 38.3 Å². The number of rotatable bonds is 2. The quantitative estimate of drug-likeness (QED) is 0.681. The number of carbonyl (C=O) groups is 1. The molecule has 0 radical (unpaired) electrons. The highest BCUT2D eigenvalue weighted by Gasteiger charge is 2.25. The number of nitrogens with one attached hydrogen (secondary N) is 1. The van der Waals surface area contributed by atoms with Crippen molar-refractivity contribution >= 4 is 5.91 Å². The molecule has 0 atom stereocenters. The highest BCUT2D eigenvalue weighted by molar-refractivity contribution is 5.79. The predicted molar refractivity (Wildman–Crippen MR) is 53.9 cm³/mol. The minimum Gasteiger partial charge on any atom is -0.377 e. The van der Waals surface area contributed by atoms with Gasteiger partial charge >= 0.3 is 0 Å². The fourth-order valence-electron chi connectivity index (χ4n) is 2.18. The van der Waals surface area contributed by atoms with Crippen LogP contribution in [-0.4, -0.2) is 25.2 Å². The maximum Gasteiger partial charge on any atom is 0.223 e. The molecule has 2 rings (SSSR count). The van der Waals surface area contributed by atoms with E-state index < -0.39 is 0 Å². The number of carbonyl (C=O) groups excluding carboxylic acids is 1. The molecule has 1 saturated carbocycles. The molecule has 2 aliphatic rings. The van der Waals surface area contributed by atoms with Gasteiger partial charge in [-0.1, -0.05) is 25.7 Å². The average molecular weight is 197 g/mol.